The predicted octanol–water partition coefficient (Wildman–Crippen LogP) is 4.35. The monoisotopic (exact) mass is 393 g/mol. The van der Waals surface area contributed by atoms with Crippen LogP contribution in [0.2, 0.25) is 0 Å². The summed E-state index contributed by atoms with van der Waals surface area (Å²) >= 11 is 0. The first-order valence-electron chi connectivity index (χ1n) is 10.5. The third-order valence-corrected chi connectivity index (χ3v) is 5.77. The zero-order chi connectivity index (χ0) is 20.2. The summed E-state index contributed by atoms with van der Waals surface area (Å²) < 4.78 is 11.3. The van der Waals surface area contributed by atoms with Crippen molar-refractivity contribution in [1.82, 2.24) is 4.90 Å². The molecule has 0 radical (unpaired) electrons. The Morgan fingerprint density at radius 1 is 1.00 bits per heavy atom. The van der Waals surface area contributed by atoms with Crippen LogP contribution in [0.15, 0.2) is 42.5 Å². The lowest BCUT2D eigenvalue weighted by Gasteiger charge is -2.26. The first-order chi connectivity index (χ1) is 14.2. The fraction of sp³-hybridized carbons (Fsp3) is 0.417. The lowest BCUT2D eigenvalue weighted by Crippen LogP contribution is -2.30. The Kier molecular flexibility index (Phi) is 5.84. The maximum atomic E-state index is 12.9. The molecule has 1 amide bonds. The summed E-state index contributed by atoms with van der Waals surface area (Å²) in [6, 6.07) is 13.7. The minimum atomic E-state index is 0.0241. The van der Waals surface area contributed by atoms with Gasteiger partial charge >= 0.3 is 0 Å². The van der Waals surface area contributed by atoms with Gasteiger partial charge in [0.1, 0.15) is 13.2 Å². The van der Waals surface area contributed by atoms with Crippen molar-refractivity contribution in [3.63, 3.8) is 0 Å². The highest BCUT2D eigenvalue weighted by Gasteiger charge is 2.30. The molecule has 0 bridgehead atoms. The Morgan fingerprint density at radius 3 is 2.52 bits per heavy atom. The molecule has 2 aromatic rings. The molecule has 2 aromatic carbocycles. The largest absolute Gasteiger partial charge is 0.486 e. The van der Waals surface area contributed by atoms with Gasteiger partial charge in [0, 0.05) is 24.9 Å². The van der Waals surface area contributed by atoms with Crippen molar-refractivity contribution in [2.75, 3.05) is 19.8 Å². The number of fused-ring (bicyclic) bond motifs is 1. The SMILES string of the molecule is CCc1ccc(C(=O)CCC(=O)N2CCCC2c2ccc3c(c2)OCCO3)cc1. The van der Waals surface area contributed by atoms with Gasteiger partial charge in [0.25, 0.3) is 0 Å². The van der Waals surface area contributed by atoms with E-state index in [1.54, 1.807) is 0 Å². The molecule has 152 valence electrons. The van der Waals surface area contributed by atoms with Crippen molar-refractivity contribution in [1.29, 1.82) is 0 Å². The van der Waals surface area contributed by atoms with Crippen LogP contribution in [0.25, 0.3) is 0 Å². The van der Waals surface area contributed by atoms with E-state index in [9.17, 15) is 9.59 Å². The predicted molar refractivity (Wildman–Crippen MR) is 111 cm³/mol. The van der Waals surface area contributed by atoms with Gasteiger partial charge in [-0.3, -0.25) is 9.59 Å². The van der Waals surface area contributed by atoms with Crippen molar-refractivity contribution in [3.05, 3.63) is 59.2 Å². The van der Waals surface area contributed by atoms with E-state index in [0.717, 1.165) is 42.9 Å². The maximum absolute atomic E-state index is 12.9. The number of likely N-dealkylation sites (tertiary alicyclic amines) is 1. The summed E-state index contributed by atoms with van der Waals surface area (Å²) in [6.07, 6.45) is 3.34. The second kappa shape index (κ2) is 8.68. The first-order valence-corrected chi connectivity index (χ1v) is 10.5. The van der Waals surface area contributed by atoms with Gasteiger partial charge < -0.3 is 14.4 Å². The number of nitrogens with zero attached hydrogens (tertiary/aromatic N) is 1. The average Bonchev–Trinajstić information content (AvgIpc) is 3.27. The van der Waals surface area contributed by atoms with E-state index in [1.165, 1.54) is 5.56 Å². The van der Waals surface area contributed by atoms with Gasteiger partial charge in [0.2, 0.25) is 5.91 Å². The Morgan fingerprint density at radius 2 is 1.76 bits per heavy atom. The summed E-state index contributed by atoms with van der Waals surface area (Å²) in [4.78, 5) is 27.3. The molecule has 1 saturated heterocycles. The van der Waals surface area contributed by atoms with Gasteiger partial charge in [-0.2, -0.15) is 0 Å². The quantitative estimate of drug-likeness (QED) is 0.685. The number of ether oxygens (including phenoxy) is 2. The van der Waals surface area contributed by atoms with Crippen LogP contribution >= 0.6 is 0 Å². The van der Waals surface area contributed by atoms with Crippen molar-refractivity contribution < 1.29 is 19.1 Å². The minimum absolute atomic E-state index is 0.0241. The highest BCUT2D eigenvalue weighted by Crippen LogP contribution is 2.38. The summed E-state index contributed by atoms with van der Waals surface area (Å²) in [7, 11) is 0. The lowest BCUT2D eigenvalue weighted by atomic mass is 10.0. The Balaban J connectivity index is 1.39. The zero-order valence-corrected chi connectivity index (χ0v) is 16.9. The third kappa shape index (κ3) is 4.29. The van der Waals surface area contributed by atoms with E-state index in [2.05, 4.69) is 6.92 Å². The van der Waals surface area contributed by atoms with E-state index in [1.807, 2.05) is 47.4 Å². The molecule has 2 aliphatic rings. The number of carbonyl (C=O) groups is 2. The van der Waals surface area contributed by atoms with Crippen LogP contribution < -0.4 is 9.47 Å². The number of rotatable bonds is 6. The van der Waals surface area contributed by atoms with Gasteiger partial charge in [-0.15, -0.1) is 0 Å². The molecule has 2 aliphatic heterocycles. The molecule has 1 unspecified atom stereocenters. The molecule has 0 N–H and O–H groups in total. The van der Waals surface area contributed by atoms with Crippen LogP contribution in [0.4, 0.5) is 0 Å². The number of benzene rings is 2. The van der Waals surface area contributed by atoms with Gasteiger partial charge in [0.15, 0.2) is 17.3 Å². The number of ketones is 1. The molecule has 4 rings (SSSR count). The van der Waals surface area contributed by atoms with E-state index < -0.39 is 0 Å². The van der Waals surface area contributed by atoms with Gasteiger partial charge in [-0.25, -0.2) is 0 Å². The molecular formula is C24H27NO4. The zero-order valence-electron chi connectivity index (χ0n) is 16.9. The Bertz CT molecular complexity index is 890. The molecule has 5 nitrogen and oxygen atoms in total. The molecule has 1 atom stereocenters. The van der Waals surface area contributed by atoms with E-state index in [-0.39, 0.29) is 30.6 Å². The van der Waals surface area contributed by atoms with Crippen molar-refractivity contribution in [2.24, 2.45) is 0 Å². The van der Waals surface area contributed by atoms with Crippen LogP contribution in [0.5, 0.6) is 11.5 Å². The van der Waals surface area contributed by atoms with Crippen LogP contribution in [0.3, 0.4) is 0 Å². The fourth-order valence-electron chi connectivity index (χ4n) is 4.11. The normalized spacial score (nSPS) is 18.0. The van der Waals surface area contributed by atoms with Crippen molar-refractivity contribution in [3.8, 4) is 11.5 Å². The molecule has 0 aliphatic carbocycles. The summed E-state index contributed by atoms with van der Waals surface area (Å²) in [5.41, 5.74) is 2.96. The van der Waals surface area contributed by atoms with Gasteiger partial charge in [0.05, 0.1) is 6.04 Å². The van der Waals surface area contributed by atoms with E-state index >= 15 is 0 Å². The molecule has 0 saturated carbocycles. The maximum Gasteiger partial charge on any atom is 0.223 e. The smallest absolute Gasteiger partial charge is 0.223 e. The highest BCUT2D eigenvalue weighted by atomic mass is 16.6. The number of amides is 1. The van der Waals surface area contributed by atoms with Crippen molar-refractivity contribution >= 4 is 11.7 Å². The molecule has 0 spiro atoms. The van der Waals surface area contributed by atoms with Gasteiger partial charge in [-0.1, -0.05) is 37.3 Å². The van der Waals surface area contributed by atoms with Crippen molar-refractivity contribution in [2.45, 2.75) is 45.1 Å². The molecule has 2 heterocycles. The number of aryl methyl sites for hydroxylation is 1. The van der Waals surface area contributed by atoms with Gasteiger partial charge in [-0.05, 0) is 42.5 Å². The van der Waals surface area contributed by atoms with Crippen LogP contribution in [-0.2, 0) is 11.2 Å². The number of carbonyl (C=O) groups excluding carboxylic acids is 2. The number of hydrogen-bond donors (Lipinski definition) is 0. The first kappa shape index (κ1) is 19.5. The van der Waals surface area contributed by atoms with Crippen LogP contribution in [0.1, 0.15) is 60.1 Å². The highest BCUT2D eigenvalue weighted by molar-refractivity contribution is 5.98. The minimum Gasteiger partial charge on any atom is -0.486 e. The lowest BCUT2D eigenvalue weighted by molar-refractivity contribution is -0.132. The van der Waals surface area contributed by atoms with E-state index in [4.69, 9.17) is 9.47 Å². The summed E-state index contributed by atoms with van der Waals surface area (Å²) in [6.45, 7) is 3.93. The number of hydrogen-bond acceptors (Lipinski definition) is 4. The topological polar surface area (TPSA) is 55.8 Å². The molecule has 29 heavy (non-hydrogen) atoms. The molecule has 1 fully saturated rings. The third-order valence-electron chi connectivity index (χ3n) is 5.77. The van der Waals surface area contributed by atoms with E-state index in [0.29, 0.717) is 18.8 Å². The number of Topliss-reactive ketones (excluding diaryl/α,β-unsaturated/α-hetero) is 1. The van der Waals surface area contributed by atoms with Crippen LogP contribution in [0, 0.1) is 0 Å². The Labute approximate surface area is 171 Å². The summed E-state index contributed by atoms with van der Waals surface area (Å²) in [5, 5.41) is 0. The standard InChI is InChI=1S/C24H27NO4/c1-2-17-5-7-18(8-6-17)21(26)10-12-24(27)25-13-3-4-20(25)19-9-11-22-23(16-19)29-15-14-28-22/h5-9,11,16,20H,2-4,10,12-15H2,1H3. The molecule has 0 aromatic heterocycles. The average molecular weight is 393 g/mol. The molecular weight excluding hydrogens is 366 g/mol. The second-order valence-electron chi connectivity index (χ2n) is 7.62. The molecule has 5 heteroatoms. The Hall–Kier alpha value is -2.82. The van der Waals surface area contributed by atoms with Crippen LogP contribution in [-0.4, -0.2) is 36.3 Å². The second-order valence-corrected chi connectivity index (χ2v) is 7.62. The fourth-order valence-corrected chi connectivity index (χ4v) is 4.11. The summed E-state index contributed by atoms with van der Waals surface area (Å²) in [5.74, 6) is 1.58.